The van der Waals surface area contributed by atoms with Crippen LogP contribution in [-0.2, 0) is 11.2 Å². The molecule has 2 aromatic rings. The van der Waals surface area contributed by atoms with Crippen LogP contribution in [0.5, 0.6) is 5.75 Å². The molecule has 1 N–H and O–H groups in total. The van der Waals surface area contributed by atoms with Crippen LogP contribution in [-0.4, -0.2) is 42.5 Å². The molecule has 1 aliphatic rings. The molecule has 3 rings (SSSR count). The summed E-state index contributed by atoms with van der Waals surface area (Å²) in [6, 6.07) is 13.7. The highest BCUT2D eigenvalue weighted by atomic mass is 19.1. The van der Waals surface area contributed by atoms with Crippen LogP contribution in [0.4, 0.5) is 4.39 Å². The second-order valence-corrected chi connectivity index (χ2v) is 8.06. The minimum atomic E-state index is -0.332. The molecule has 0 atom stereocenters. The Morgan fingerprint density at radius 1 is 1.10 bits per heavy atom. The summed E-state index contributed by atoms with van der Waals surface area (Å²) in [6.45, 7) is 5.75. The number of likely N-dealkylation sites (tertiary alicyclic amines) is 1. The van der Waals surface area contributed by atoms with E-state index in [0.717, 1.165) is 18.6 Å². The molecule has 30 heavy (non-hydrogen) atoms. The maximum atomic E-state index is 13.8. The number of amides is 2. The number of piperidine rings is 1. The van der Waals surface area contributed by atoms with Crippen LogP contribution >= 0.6 is 0 Å². The number of nitrogens with zero attached hydrogens (tertiary/aromatic N) is 1. The smallest absolute Gasteiger partial charge is 0.251 e. The molecule has 1 fully saturated rings. The van der Waals surface area contributed by atoms with Gasteiger partial charge in [0, 0.05) is 24.7 Å². The van der Waals surface area contributed by atoms with Crippen molar-refractivity contribution in [3.8, 4) is 5.75 Å². The minimum Gasteiger partial charge on any atom is -0.493 e. The Bertz CT molecular complexity index is 859. The van der Waals surface area contributed by atoms with Gasteiger partial charge in [-0.2, -0.15) is 0 Å². The predicted octanol–water partition coefficient (Wildman–Crippen LogP) is 3.82. The second kappa shape index (κ2) is 10.2. The molecule has 2 aromatic carbocycles. The Kier molecular flexibility index (Phi) is 7.44. The molecular weight excluding hydrogens is 383 g/mol. The molecule has 1 aliphatic heterocycles. The Balaban J connectivity index is 1.42. The fraction of sp³-hybridized carbons (Fsp3) is 0.417. The third-order valence-electron chi connectivity index (χ3n) is 5.29. The van der Waals surface area contributed by atoms with Crippen molar-refractivity contribution >= 4 is 11.8 Å². The average molecular weight is 413 g/mol. The fourth-order valence-electron chi connectivity index (χ4n) is 3.53. The summed E-state index contributed by atoms with van der Waals surface area (Å²) >= 11 is 0. The molecule has 0 bridgehead atoms. The molecule has 1 saturated heterocycles. The minimum absolute atomic E-state index is 0.0327. The van der Waals surface area contributed by atoms with Gasteiger partial charge in [0.15, 0.2) is 0 Å². The van der Waals surface area contributed by atoms with Gasteiger partial charge in [-0.25, -0.2) is 4.39 Å². The molecule has 0 aliphatic carbocycles. The zero-order valence-corrected chi connectivity index (χ0v) is 17.6. The van der Waals surface area contributed by atoms with Crippen LogP contribution in [0.25, 0.3) is 0 Å². The molecule has 1 heterocycles. The van der Waals surface area contributed by atoms with E-state index in [1.165, 1.54) is 6.07 Å². The van der Waals surface area contributed by atoms with Crippen molar-refractivity contribution in [1.82, 2.24) is 10.2 Å². The molecule has 0 radical (unpaired) electrons. The fourth-order valence-corrected chi connectivity index (χ4v) is 3.53. The van der Waals surface area contributed by atoms with Crippen molar-refractivity contribution in [3.05, 3.63) is 65.5 Å². The van der Waals surface area contributed by atoms with Gasteiger partial charge in [-0.15, -0.1) is 0 Å². The van der Waals surface area contributed by atoms with E-state index < -0.39 is 0 Å². The first kappa shape index (κ1) is 21.8. The van der Waals surface area contributed by atoms with E-state index in [2.05, 4.69) is 5.32 Å². The first-order valence-corrected chi connectivity index (χ1v) is 10.5. The lowest BCUT2D eigenvalue weighted by atomic mass is 9.97. The summed E-state index contributed by atoms with van der Waals surface area (Å²) in [7, 11) is 0. The lowest BCUT2D eigenvalue weighted by Gasteiger charge is -2.32. The summed E-state index contributed by atoms with van der Waals surface area (Å²) in [5, 5.41) is 2.86. The van der Waals surface area contributed by atoms with E-state index in [9.17, 15) is 14.0 Å². The number of nitrogens with one attached hydrogen (secondary N) is 1. The van der Waals surface area contributed by atoms with Crippen molar-refractivity contribution in [3.63, 3.8) is 0 Å². The van der Waals surface area contributed by atoms with Gasteiger partial charge in [0.2, 0.25) is 5.91 Å². The second-order valence-electron chi connectivity index (χ2n) is 8.06. The molecule has 160 valence electrons. The Morgan fingerprint density at radius 3 is 2.40 bits per heavy atom. The van der Waals surface area contributed by atoms with Crippen molar-refractivity contribution in [2.75, 3.05) is 19.7 Å². The van der Waals surface area contributed by atoms with Gasteiger partial charge in [-0.3, -0.25) is 9.59 Å². The quantitative estimate of drug-likeness (QED) is 0.752. The molecule has 0 unspecified atom stereocenters. The van der Waals surface area contributed by atoms with Crippen LogP contribution in [0.1, 0.15) is 42.6 Å². The van der Waals surface area contributed by atoms with E-state index in [1.54, 1.807) is 30.3 Å². The third kappa shape index (κ3) is 6.05. The molecule has 0 aromatic heterocycles. The lowest BCUT2D eigenvalue weighted by molar-refractivity contribution is -0.132. The Labute approximate surface area is 177 Å². The number of hydrogen-bond donors (Lipinski definition) is 1. The van der Waals surface area contributed by atoms with Crippen LogP contribution in [0.2, 0.25) is 0 Å². The van der Waals surface area contributed by atoms with Crippen molar-refractivity contribution in [2.24, 2.45) is 5.92 Å². The summed E-state index contributed by atoms with van der Waals surface area (Å²) in [6.07, 6.45) is 1.82. The van der Waals surface area contributed by atoms with Gasteiger partial charge in [-0.05, 0) is 68.5 Å². The lowest BCUT2D eigenvalue weighted by Crippen LogP contribution is -2.40. The van der Waals surface area contributed by atoms with Gasteiger partial charge in [0.1, 0.15) is 11.6 Å². The highest BCUT2D eigenvalue weighted by Crippen LogP contribution is 2.21. The van der Waals surface area contributed by atoms with E-state index in [0.29, 0.717) is 36.7 Å². The van der Waals surface area contributed by atoms with Crippen molar-refractivity contribution in [1.29, 1.82) is 0 Å². The number of rotatable bonds is 7. The van der Waals surface area contributed by atoms with Crippen molar-refractivity contribution < 1.29 is 18.7 Å². The summed E-state index contributed by atoms with van der Waals surface area (Å²) in [5.41, 5.74) is 1.05. The molecular formula is C24H29FN2O3. The first-order chi connectivity index (χ1) is 14.4. The zero-order chi connectivity index (χ0) is 21.5. The predicted molar refractivity (Wildman–Crippen MR) is 114 cm³/mol. The summed E-state index contributed by atoms with van der Waals surface area (Å²) < 4.78 is 19.6. The number of benzene rings is 2. The van der Waals surface area contributed by atoms with Crippen LogP contribution in [0, 0.1) is 11.7 Å². The van der Waals surface area contributed by atoms with Gasteiger partial charge < -0.3 is 15.0 Å². The van der Waals surface area contributed by atoms with Crippen LogP contribution < -0.4 is 10.1 Å². The van der Waals surface area contributed by atoms with Gasteiger partial charge >= 0.3 is 0 Å². The number of halogens is 1. The van der Waals surface area contributed by atoms with Gasteiger partial charge in [-0.1, -0.05) is 18.2 Å². The first-order valence-electron chi connectivity index (χ1n) is 10.5. The third-order valence-corrected chi connectivity index (χ3v) is 5.29. The highest BCUT2D eigenvalue weighted by molar-refractivity contribution is 5.94. The summed E-state index contributed by atoms with van der Waals surface area (Å²) in [5.74, 6) is 0.640. The monoisotopic (exact) mass is 412 g/mol. The maximum Gasteiger partial charge on any atom is 0.251 e. The van der Waals surface area contributed by atoms with E-state index >= 15 is 0 Å². The van der Waals surface area contributed by atoms with Gasteiger partial charge in [0.25, 0.3) is 5.91 Å². The van der Waals surface area contributed by atoms with Crippen LogP contribution in [0.15, 0.2) is 48.5 Å². The molecule has 5 nitrogen and oxygen atoms in total. The van der Waals surface area contributed by atoms with E-state index in [1.807, 2.05) is 30.9 Å². The van der Waals surface area contributed by atoms with Crippen molar-refractivity contribution in [2.45, 2.75) is 39.2 Å². The molecule has 0 spiro atoms. The van der Waals surface area contributed by atoms with E-state index in [-0.39, 0.29) is 30.1 Å². The molecule has 2 amide bonds. The standard InChI is InChI=1S/C24H29FN2O3/c1-17(2)26-24(29)19-7-9-21(10-8-19)30-16-18-11-13-27(14-12-18)23(28)15-20-5-3-4-6-22(20)25/h3-10,17-18H,11-16H2,1-2H3,(H,26,29). The number of carbonyl (C=O) groups excluding carboxylic acids is 2. The van der Waals surface area contributed by atoms with Gasteiger partial charge in [0.05, 0.1) is 13.0 Å². The maximum absolute atomic E-state index is 13.8. The Morgan fingerprint density at radius 2 is 1.77 bits per heavy atom. The zero-order valence-electron chi connectivity index (χ0n) is 17.6. The highest BCUT2D eigenvalue weighted by Gasteiger charge is 2.24. The van der Waals surface area contributed by atoms with E-state index in [4.69, 9.17) is 4.74 Å². The Hall–Kier alpha value is -2.89. The molecule has 6 heteroatoms. The summed E-state index contributed by atoms with van der Waals surface area (Å²) in [4.78, 5) is 26.3. The number of carbonyl (C=O) groups is 2. The SMILES string of the molecule is CC(C)NC(=O)c1ccc(OCC2CCN(C(=O)Cc3ccccc3F)CC2)cc1. The number of hydrogen-bond acceptors (Lipinski definition) is 3. The van der Waals surface area contributed by atoms with Crippen LogP contribution in [0.3, 0.4) is 0 Å². The topological polar surface area (TPSA) is 58.6 Å². The molecule has 0 saturated carbocycles. The average Bonchev–Trinajstić information content (AvgIpc) is 2.74. The normalized spacial score (nSPS) is 14.6. The largest absolute Gasteiger partial charge is 0.493 e. The number of ether oxygens (including phenoxy) is 1.